The summed E-state index contributed by atoms with van der Waals surface area (Å²) in [5, 5.41) is 14.6. The number of carbonyl (C=O) groups is 2. The number of hydrogen-bond acceptors (Lipinski definition) is 6. The molecule has 3 aromatic carbocycles. The molecule has 7 nitrogen and oxygen atoms in total. The van der Waals surface area contributed by atoms with Crippen molar-refractivity contribution in [2.24, 2.45) is 0 Å². The van der Waals surface area contributed by atoms with Crippen molar-refractivity contribution in [3.8, 4) is 0 Å². The number of ketones is 1. The largest absolute Gasteiger partial charge is 0.457 e. The molecule has 1 aliphatic heterocycles. The number of Topliss-reactive ketones (excluding diaryl/α,β-unsaturated/α-hetero) is 1. The predicted molar refractivity (Wildman–Crippen MR) is 138 cm³/mol. The van der Waals surface area contributed by atoms with E-state index in [1.807, 2.05) is 60.7 Å². The molecular weight excluding hydrogens is 468 g/mol. The maximum Gasteiger partial charge on any atom is 0.337 e. The minimum Gasteiger partial charge on any atom is -0.457 e. The van der Waals surface area contributed by atoms with Crippen molar-refractivity contribution >= 4 is 17.4 Å². The molecule has 0 bridgehead atoms. The highest BCUT2D eigenvalue weighted by molar-refractivity contribution is 6.04. The lowest BCUT2D eigenvalue weighted by molar-refractivity contribution is -0.384. The van der Waals surface area contributed by atoms with Gasteiger partial charge in [-0.1, -0.05) is 72.8 Å². The summed E-state index contributed by atoms with van der Waals surface area (Å²) >= 11 is 0. The Morgan fingerprint density at radius 3 is 2.24 bits per heavy atom. The number of nitro benzene ring substituents is 1. The van der Waals surface area contributed by atoms with Gasteiger partial charge in [-0.15, -0.1) is 0 Å². The van der Waals surface area contributed by atoms with Crippen molar-refractivity contribution in [2.75, 3.05) is 0 Å². The van der Waals surface area contributed by atoms with E-state index in [-0.39, 0.29) is 24.0 Å². The molecule has 0 amide bonds. The second kappa shape index (κ2) is 10.2. The van der Waals surface area contributed by atoms with E-state index in [4.69, 9.17) is 4.74 Å². The molecule has 3 aromatic rings. The van der Waals surface area contributed by atoms with Crippen LogP contribution in [0.25, 0.3) is 0 Å². The van der Waals surface area contributed by atoms with Gasteiger partial charge >= 0.3 is 5.97 Å². The van der Waals surface area contributed by atoms with Gasteiger partial charge < -0.3 is 10.1 Å². The molecule has 1 aliphatic carbocycles. The zero-order valence-corrected chi connectivity index (χ0v) is 20.3. The summed E-state index contributed by atoms with van der Waals surface area (Å²) in [4.78, 5) is 37.9. The van der Waals surface area contributed by atoms with Gasteiger partial charge in [0, 0.05) is 41.4 Å². The first kappa shape index (κ1) is 24.2. The monoisotopic (exact) mass is 494 g/mol. The standard InChI is InChI=1S/C30H26N2O5/c1-19-27(30(34)37-18-20-8-4-2-5-9-20)28(22-12-14-24(15-13-22)32(35)36)29-25(31-19)16-23(17-26(29)33)21-10-6-3-7-11-21/h2-15,23,28,31H,16-18H2,1H3/t23-,28-/m0/s1. The normalized spacial score (nSPS) is 19.2. The predicted octanol–water partition coefficient (Wildman–Crippen LogP) is 5.70. The van der Waals surface area contributed by atoms with Crippen molar-refractivity contribution in [1.82, 2.24) is 5.32 Å². The molecule has 0 saturated heterocycles. The molecule has 1 heterocycles. The van der Waals surface area contributed by atoms with Gasteiger partial charge in [-0.25, -0.2) is 4.79 Å². The van der Waals surface area contributed by atoms with Crippen LogP contribution < -0.4 is 5.32 Å². The van der Waals surface area contributed by atoms with E-state index >= 15 is 0 Å². The minimum atomic E-state index is -0.676. The van der Waals surface area contributed by atoms with Crippen molar-refractivity contribution in [3.63, 3.8) is 0 Å². The molecule has 0 unspecified atom stereocenters. The van der Waals surface area contributed by atoms with E-state index in [1.165, 1.54) is 12.1 Å². The second-order valence-corrected chi connectivity index (χ2v) is 9.34. The third kappa shape index (κ3) is 4.93. The third-order valence-corrected chi connectivity index (χ3v) is 6.97. The van der Waals surface area contributed by atoms with E-state index in [0.717, 1.165) is 16.8 Å². The van der Waals surface area contributed by atoms with E-state index in [2.05, 4.69) is 5.32 Å². The molecule has 0 saturated carbocycles. The number of allylic oxidation sites excluding steroid dienone is 3. The molecule has 7 heteroatoms. The Kier molecular flexibility index (Phi) is 6.68. The first-order chi connectivity index (χ1) is 17.9. The first-order valence-corrected chi connectivity index (χ1v) is 12.2. The van der Waals surface area contributed by atoms with Gasteiger partial charge in [0.25, 0.3) is 5.69 Å². The van der Waals surface area contributed by atoms with Crippen LogP contribution in [0.15, 0.2) is 107 Å². The summed E-state index contributed by atoms with van der Waals surface area (Å²) in [5.41, 5.74) is 4.78. The molecule has 186 valence electrons. The first-order valence-electron chi connectivity index (χ1n) is 12.2. The van der Waals surface area contributed by atoms with Crippen molar-refractivity contribution in [1.29, 1.82) is 0 Å². The maximum absolute atomic E-state index is 13.6. The molecule has 5 rings (SSSR count). The maximum atomic E-state index is 13.6. The second-order valence-electron chi connectivity index (χ2n) is 9.34. The molecule has 0 spiro atoms. The van der Waals surface area contributed by atoms with Gasteiger partial charge in [0.1, 0.15) is 6.61 Å². The number of ether oxygens (including phenoxy) is 1. The third-order valence-electron chi connectivity index (χ3n) is 6.97. The fraction of sp³-hybridized carbons (Fsp3) is 0.200. The Hall–Kier alpha value is -4.52. The summed E-state index contributed by atoms with van der Waals surface area (Å²) in [5.74, 6) is -1.23. The van der Waals surface area contributed by atoms with Crippen LogP contribution in [0.1, 0.15) is 48.3 Å². The number of carbonyl (C=O) groups excluding carboxylic acids is 2. The van der Waals surface area contributed by atoms with Gasteiger partial charge in [0.05, 0.1) is 10.5 Å². The number of benzene rings is 3. The van der Waals surface area contributed by atoms with Gasteiger partial charge in [0.15, 0.2) is 5.78 Å². The SMILES string of the molecule is CC1=C(C(=O)OCc2ccccc2)[C@H](c2ccc([N+](=O)[O-])cc2)C2=C(C[C@H](c3ccccc3)CC2=O)N1. The number of nitro groups is 1. The van der Waals surface area contributed by atoms with Crippen molar-refractivity contribution < 1.29 is 19.2 Å². The van der Waals surface area contributed by atoms with Gasteiger partial charge in [-0.3, -0.25) is 14.9 Å². The van der Waals surface area contributed by atoms with Gasteiger partial charge in [-0.05, 0) is 36.0 Å². The Morgan fingerprint density at radius 2 is 1.59 bits per heavy atom. The van der Waals surface area contributed by atoms with Crippen LogP contribution in [0.3, 0.4) is 0 Å². The van der Waals surface area contributed by atoms with Crippen molar-refractivity contribution in [3.05, 3.63) is 134 Å². The average molecular weight is 495 g/mol. The van der Waals surface area contributed by atoms with Crippen LogP contribution in [0.2, 0.25) is 0 Å². The number of esters is 1. The number of dihydropyridines is 1. The fourth-order valence-electron chi connectivity index (χ4n) is 5.19. The highest BCUT2D eigenvalue weighted by Gasteiger charge is 2.41. The molecule has 0 aromatic heterocycles. The average Bonchev–Trinajstić information content (AvgIpc) is 2.92. The summed E-state index contributed by atoms with van der Waals surface area (Å²) in [6.45, 7) is 1.90. The van der Waals surface area contributed by atoms with E-state index in [9.17, 15) is 19.7 Å². The Morgan fingerprint density at radius 1 is 0.946 bits per heavy atom. The quantitative estimate of drug-likeness (QED) is 0.268. The van der Waals surface area contributed by atoms with Gasteiger partial charge in [-0.2, -0.15) is 0 Å². The molecule has 0 radical (unpaired) electrons. The molecule has 37 heavy (non-hydrogen) atoms. The fourth-order valence-corrected chi connectivity index (χ4v) is 5.19. The van der Waals surface area contributed by atoms with Crippen LogP contribution in [0, 0.1) is 10.1 Å². The molecule has 2 atom stereocenters. The smallest absolute Gasteiger partial charge is 0.337 e. The van der Waals surface area contributed by atoms with Crippen LogP contribution in [0.4, 0.5) is 5.69 Å². The van der Waals surface area contributed by atoms with E-state index in [0.29, 0.717) is 35.2 Å². The summed E-state index contributed by atoms with van der Waals surface area (Å²) in [6, 6.07) is 25.3. The number of rotatable bonds is 6. The van der Waals surface area contributed by atoms with Crippen molar-refractivity contribution in [2.45, 2.75) is 38.2 Å². The van der Waals surface area contributed by atoms with E-state index < -0.39 is 16.8 Å². The number of nitrogens with one attached hydrogen (secondary N) is 1. The zero-order chi connectivity index (χ0) is 25.9. The lowest BCUT2D eigenvalue weighted by Crippen LogP contribution is -2.36. The minimum absolute atomic E-state index is 0.0249. The highest BCUT2D eigenvalue weighted by atomic mass is 16.6. The Balaban J connectivity index is 1.52. The lowest BCUT2D eigenvalue weighted by atomic mass is 9.71. The number of non-ortho nitro benzene ring substituents is 1. The molecular formula is C30H26N2O5. The Bertz CT molecular complexity index is 1410. The van der Waals surface area contributed by atoms with Crippen LogP contribution in [-0.4, -0.2) is 16.7 Å². The number of hydrogen-bond donors (Lipinski definition) is 1. The summed E-state index contributed by atoms with van der Waals surface area (Å²) in [7, 11) is 0. The van der Waals surface area contributed by atoms with Crippen LogP contribution in [0.5, 0.6) is 0 Å². The van der Waals surface area contributed by atoms with E-state index in [1.54, 1.807) is 19.1 Å². The zero-order valence-electron chi connectivity index (χ0n) is 20.3. The van der Waals surface area contributed by atoms with Gasteiger partial charge in [0.2, 0.25) is 0 Å². The lowest BCUT2D eigenvalue weighted by Gasteiger charge is -2.36. The molecule has 0 fully saturated rings. The van der Waals surface area contributed by atoms with Crippen LogP contribution >= 0.6 is 0 Å². The highest BCUT2D eigenvalue weighted by Crippen LogP contribution is 2.46. The molecule has 2 aliphatic rings. The molecule has 1 N–H and O–H groups in total. The Labute approximate surface area is 214 Å². The summed E-state index contributed by atoms with van der Waals surface area (Å²) < 4.78 is 5.68. The number of nitrogens with zero attached hydrogens (tertiary/aromatic N) is 1. The summed E-state index contributed by atoms with van der Waals surface area (Å²) in [6.07, 6.45) is 0.942. The van der Waals surface area contributed by atoms with Crippen LogP contribution in [-0.2, 0) is 20.9 Å². The topological polar surface area (TPSA) is 98.5 Å².